The van der Waals surface area contributed by atoms with Crippen LogP contribution in [-0.4, -0.2) is 58.9 Å². The van der Waals surface area contributed by atoms with Crippen molar-refractivity contribution in [1.82, 2.24) is 4.90 Å². The van der Waals surface area contributed by atoms with E-state index in [1.807, 2.05) is 26.8 Å². The molecule has 1 aromatic carbocycles. The maximum Gasteiger partial charge on any atom is 0.410 e. The summed E-state index contributed by atoms with van der Waals surface area (Å²) in [5.41, 5.74) is -0.961. The number of benzene rings is 1. The van der Waals surface area contributed by atoms with Gasteiger partial charge in [-0.05, 0) is 87.3 Å². The summed E-state index contributed by atoms with van der Waals surface area (Å²) in [7, 11) is 0. The first-order chi connectivity index (χ1) is 16.3. The van der Waals surface area contributed by atoms with Gasteiger partial charge in [-0.25, -0.2) is 4.79 Å². The van der Waals surface area contributed by atoms with Gasteiger partial charge in [0.25, 0.3) is 0 Å². The van der Waals surface area contributed by atoms with Gasteiger partial charge in [-0.3, -0.25) is 9.59 Å². The number of anilines is 1. The zero-order valence-electron chi connectivity index (χ0n) is 23.0. The van der Waals surface area contributed by atoms with Gasteiger partial charge in [-0.1, -0.05) is 22.0 Å². The summed E-state index contributed by atoms with van der Waals surface area (Å²) in [5, 5.41) is 3.49. The molecule has 0 saturated carbocycles. The molecule has 2 rings (SSSR count). The number of hydrogen-bond acceptors (Lipinski definition) is 7. The van der Waals surface area contributed by atoms with Crippen LogP contribution in [0.15, 0.2) is 22.7 Å². The standard InChI is InChI=1S/C27H41BrN2O6/c1-25(2,3)34-22(31)21(23(32)35-26(4,5)6)19-11-10-17(28)16-20(19)29-18-12-14-30(15-13-18)24(33)36-27(7,8)9/h10-11,16,18,21,29H,12-15H2,1-9H3. The van der Waals surface area contributed by atoms with Crippen LogP contribution in [0.4, 0.5) is 10.5 Å². The average molecular weight is 570 g/mol. The molecule has 1 amide bonds. The van der Waals surface area contributed by atoms with Crippen LogP contribution >= 0.6 is 15.9 Å². The summed E-state index contributed by atoms with van der Waals surface area (Å²) in [4.78, 5) is 40.6. The fourth-order valence-corrected chi connectivity index (χ4v) is 4.09. The monoisotopic (exact) mass is 568 g/mol. The molecule has 1 aliphatic rings. The summed E-state index contributed by atoms with van der Waals surface area (Å²) in [6.07, 6.45) is 1.06. The lowest BCUT2D eigenvalue weighted by Crippen LogP contribution is -2.44. The van der Waals surface area contributed by atoms with Gasteiger partial charge in [0.15, 0.2) is 5.92 Å². The number of ether oxygens (including phenoxy) is 3. The van der Waals surface area contributed by atoms with Crippen molar-refractivity contribution in [1.29, 1.82) is 0 Å². The number of halogens is 1. The third kappa shape index (κ3) is 9.64. The Hall–Kier alpha value is -2.29. The highest BCUT2D eigenvalue weighted by Crippen LogP contribution is 2.33. The third-order valence-electron chi connectivity index (χ3n) is 5.12. The van der Waals surface area contributed by atoms with E-state index in [1.54, 1.807) is 58.6 Å². The molecule has 0 spiro atoms. The van der Waals surface area contributed by atoms with Crippen LogP contribution in [-0.2, 0) is 23.8 Å². The minimum Gasteiger partial charge on any atom is -0.459 e. The Labute approximate surface area is 223 Å². The molecule has 0 aromatic heterocycles. The van der Waals surface area contributed by atoms with E-state index in [0.717, 1.165) is 4.47 Å². The van der Waals surface area contributed by atoms with Gasteiger partial charge in [0.05, 0.1) is 0 Å². The lowest BCUT2D eigenvalue weighted by molar-refractivity contribution is -0.169. The van der Waals surface area contributed by atoms with Crippen molar-refractivity contribution in [2.45, 2.75) is 104 Å². The number of carbonyl (C=O) groups excluding carboxylic acids is 3. The minimum atomic E-state index is -1.25. The second-order valence-corrected chi connectivity index (χ2v) is 13.0. The SMILES string of the molecule is CC(C)(C)OC(=O)C(C(=O)OC(C)(C)C)c1ccc(Br)cc1NC1CCN(C(=O)OC(C)(C)C)CC1. The smallest absolute Gasteiger partial charge is 0.410 e. The Morgan fingerprint density at radius 2 is 1.33 bits per heavy atom. The van der Waals surface area contributed by atoms with E-state index in [9.17, 15) is 14.4 Å². The number of likely N-dealkylation sites (tertiary alicyclic amines) is 1. The first kappa shape index (κ1) is 29.9. The molecule has 1 aromatic rings. The molecule has 1 fully saturated rings. The topological polar surface area (TPSA) is 94.2 Å². The zero-order valence-corrected chi connectivity index (χ0v) is 24.6. The van der Waals surface area contributed by atoms with Crippen molar-refractivity contribution in [2.75, 3.05) is 18.4 Å². The number of rotatable bonds is 5. The van der Waals surface area contributed by atoms with Gasteiger partial charge in [0.1, 0.15) is 16.8 Å². The lowest BCUT2D eigenvalue weighted by atomic mass is 9.95. The number of hydrogen-bond donors (Lipinski definition) is 1. The van der Waals surface area contributed by atoms with Gasteiger partial charge in [-0.15, -0.1) is 0 Å². The van der Waals surface area contributed by atoms with E-state index in [-0.39, 0.29) is 12.1 Å². The highest BCUT2D eigenvalue weighted by molar-refractivity contribution is 9.10. The van der Waals surface area contributed by atoms with Crippen molar-refractivity contribution in [3.63, 3.8) is 0 Å². The van der Waals surface area contributed by atoms with Gasteiger partial charge >= 0.3 is 18.0 Å². The third-order valence-corrected chi connectivity index (χ3v) is 5.61. The minimum absolute atomic E-state index is 0.0367. The van der Waals surface area contributed by atoms with Gasteiger partial charge in [0, 0.05) is 34.9 Å². The van der Waals surface area contributed by atoms with E-state index in [1.165, 1.54) is 0 Å². The van der Waals surface area contributed by atoms with Crippen molar-refractivity contribution in [3.8, 4) is 0 Å². The van der Waals surface area contributed by atoms with E-state index >= 15 is 0 Å². The molecular weight excluding hydrogens is 528 g/mol. The van der Waals surface area contributed by atoms with E-state index in [2.05, 4.69) is 21.2 Å². The Morgan fingerprint density at radius 3 is 1.78 bits per heavy atom. The quantitative estimate of drug-likeness (QED) is 0.263. The molecule has 1 heterocycles. The Balaban J connectivity index is 2.28. The fourth-order valence-electron chi connectivity index (χ4n) is 3.73. The summed E-state index contributed by atoms with van der Waals surface area (Å²) in [6.45, 7) is 17.2. The number of piperidine rings is 1. The van der Waals surface area contributed by atoms with Crippen LogP contribution in [0.2, 0.25) is 0 Å². The molecule has 1 saturated heterocycles. The largest absolute Gasteiger partial charge is 0.459 e. The average Bonchev–Trinajstić information content (AvgIpc) is 2.66. The summed E-state index contributed by atoms with van der Waals surface area (Å²) in [5.74, 6) is -2.58. The highest BCUT2D eigenvalue weighted by atomic mass is 79.9. The molecule has 0 unspecified atom stereocenters. The van der Waals surface area contributed by atoms with E-state index < -0.39 is 34.7 Å². The second-order valence-electron chi connectivity index (χ2n) is 12.1. The maximum atomic E-state index is 13.2. The van der Waals surface area contributed by atoms with Crippen molar-refractivity contribution in [2.24, 2.45) is 0 Å². The van der Waals surface area contributed by atoms with Gasteiger partial charge in [0.2, 0.25) is 0 Å². The number of esters is 2. The van der Waals surface area contributed by atoms with Crippen LogP contribution in [0.5, 0.6) is 0 Å². The first-order valence-corrected chi connectivity index (χ1v) is 13.1. The summed E-state index contributed by atoms with van der Waals surface area (Å²) >= 11 is 3.50. The molecule has 9 heteroatoms. The van der Waals surface area contributed by atoms with Crippen molar-refractivity contribution >= 4 is 39.6 Å². The predicted molar refractivity (Wildman–Crippen MR) is 143 cm³/mol. The number of amides is 1. The molecule has 8 nitrogen and oxygen atoms in total. The van der Waals surface area contributed by atoms with E-state index in [4.69, 9.17) is 14.2 Å². The van der Waals surface area contributed by atoms with Crippen LogP contribution < -0.4 is 5.32 Å². The molecule has 0 bridgehead atoms. The van der Waals surface area contributed by atoms with Crippen LogP contribution in [0.25, 0.3) is 0 Å². The highest BCUT2D eigenvalue weighted by Gasteiger charge is 2.38. The predicted octanol–water partition coefficient (Wildman–Crippen LogP) is 6.03. The molecule has 202 valence electrons. The Bertz CT molecular complexity index is 922. The first-order valence-electron chi connectivity index (χ1n) is 12.3. The molecule has 0 atom stereocenters. The number of carbonyl (C=O) groups is 3. The van der Waals surface area contributed by atoms with Crippen LogP contribution in [0.3, 0.4) is 0 Å². The van der Waals surface area contributed by atoms with E-state index in [0.29, 0.717) is 37.2 Å². The number of nitrogens with zero attached hydrogens (tertiary/aromatic N) is 1. The summed E-state index contributed by atoms with van der Waals surface area (Å²) in [6, 6.07) is 5.40. The van der Waals surface area contributed by atoms with Gasteiger partial charge in [-0.2, -0.15) is 0 Å². The Morgan fingerprint density at radius 1 is 0.861 bits per heavy atom. The fraction of sp³-hybridized carbons (Fsp3) is 0.667. The normalized spacial score (nSPS) is 15.5. The second kappa shape index (κ2) is 11.4. The molecule has 0 radical (unpaired) electrons. The summed E-state index contributed by atoms with van der Waals surface area (Å²) < 4.78 is 17.5. The van der Waals surface area contributed by atoms with Crippen molar-refractivity contribution in [3.05, 3.63) is 28.2 Å². The molecule has 36 heavy (non-hydrogen) atoms. The molecule has 0 aliphatic carbocycles. The number of nitrogens with one attached hydrogen (secondary N) is 1. The lowest BCUT2D eigenvalue weighted by Gasteiger charge is -2.34. The maximum absolute atomic E-state index is 13.2. The van der Waals surface area contributed by atoms with Crippen LogP contribution in [0.1, 0.15) is 86.6 Å². The van der Waals surface area contributed by atoms with Gasteiger partial charge < -0.3 is 24.4 Å². The molecule has 1 N–H and O–H groups in total. The molecular formula is C27H41BrN2O6. The molecule has 1 aliphatic heterocycles. The Kier molecular flexibility index (Phi) is 9.48. The zero-order chi connectivity index (χ0) is 27.5. The van der Waals surface area contributed by atoms with Crippen LogP contribution in [0, 0.1) is 0 Å². The van der Waals surface area contributed by atoms with Crippen molar-refractivity contribution < 1.29 is 28.6 Å².